The first-order valence-electron chi connectivity index (χ1n) is 6.35. The molecule has 2 aromatic rings. The Morgan fingerprint density at radius 3 is 2.65 bits per heavy atom. The van der Waals surface area contributed by atoms with Gasteiger partial charge in [0, 0.05) is 40.8 Å². The van der Waals surface area contributed by atoms with E-state index in [1.54, 1.807) is 0 Å². The lowest BCUT2D eigenvalue weighted by Crippen LogP contribution is -2.21. The number of pyridine rings is 1. The normalized spacial score (nSPS) is 10.6. The van der Waals surface area contributed by atoms with Crippen molar-refractivity contribution >= 4 is 37.7 Å². The summed E-state index contributed by atoms with van der Waals surface area (Å²) in [6.45, 7) is 1.61. The van der Waals surface area contributed by atoms with E-state index in [-0.39, 0.29) is 0 Å². The second-order valence-electron chi connectivity index (χ2n) is 4.61. The molecule has 2 rings (SSSR count). The SMILES string of the molecule is CNCc1cc(Br)cnc1N(C)Cc1ccccc1Br. The summed E-state index contributed by atoms with van der Waals surface area (Å²) in [4.78, 5) is 6.71. The fourth-order valence-corrected chi connectivity index (χ4v) is 2.88. The molecule has 0 radical (unpaired) electrons. The highest BCUT2D eigenvalue weighted by Crippen LogP contribution is 2.24. The van der Waals surface area contributed by atoms with Gasteiger partial charge in [-0.25, -0.2) is 4.98 Å². The van der Waals surface area contributed by atoms with Crippen LogP contribution in [0, 0.1) is 0 Å². The second-order valence-corrected chi connectivity index (χ2v) is 6.38. The Balaban J connectivity index is 2.25. The van der Waals surface area contributed by atoms with E-state index in [0.717, 1.165) is 27.9 Å². The maximum absolute atomic E-state index is 4.55. The van der Waals surface area contributed by atoms with E-state index >= 15 is 0 Å². The summed E-state index contributed by atoms with van der Waals surface area (Å²) in [5, 5.41) is 3.18. The molecule has 1 heterocycles. The lowest BCUT2D eigenvalue weighted by atomic mass is 10.2. The van der Waals surface area contributed by atoms with E-state index in [1.165, 1.54) is 11.1 Å². The minimum Gasteiger partial charge on any atom is -0.355 e. The molecule has 1 aromatic carbocycles. The average molecular weight is 399 g/mol. The van der Waals surface area contributed by atoms with Gasteiger partial charge < -0.3 is 10.2 Å². The van der Waals surface area contributed by atoms with Crippen LogP contribution in [0.3, 0.4) is 0 Å². The van der Waals surface area contributed by atoms with Gasteiger partial charge in [0.15, 0.2) is 0 Å². The van der Waals surface area contributed by atoms with Gasteiger partial charge in [-0.15, -0.1) is 0 Å². The fourth-order valence-electron chi connectivity index (χ4n) is 2.10. The van der Waals surface area contributed by atoms with E-state index in [1.807, 2.05) is 19.3 Å². The van der Waals surface area contributed by atoms with Gasteiger partial charge in [-0.05, 0) is 40.7 Å². The van der Waals surface area contributed by atoms with Gasteiger partial charge in [0.2, 0.25) is 0 Å². The topological polar surface area (TPSA) is 28.2 Å². The molecule has 0 aliphatic heterocycles. The Hall–Kier alpha value is -0.910. The van der Waals surface area contributed by atoms with Crippen molar-refractivity contribution in [3.63, 3.8) is 0 Å². The number of hydrogen-bond acceptors (Lipinski definition) is 3. The van der Waals surface area contributed by atoms with Crippen molar-refractivity contribution in [3.05, 3.63) is 56.6 Å². The Kier molecular flexibility index (Phi) is 5.57. The first-order valence-corrected chi connectivity index (χ1v) is 7.94. The molecule has 20 heavy (non-hydrogen) atoms. The van der Waals surface area contributed by atoms with Crippen LogP contribution in [0.25, 0.3) is 0 Å². The molecule has 0 spiro atoms. The third-order valence-corrected chi connectivity index (χ3v) is 4.21. The van der Waals surface area contributed by atoms with E-state index in [0.29, 0.717) is 0 Å². The summed E-state index contributed by atoms with van der Waals surface area (Å²) >= 11 is 7.07. The van der Waals surface area contributed by atoms with Crippen LogP contribution in [-0.2, 0) is 13.1 Å². The van der Waals surface area contributed by atoms with Crippen LogP contribution in [0.4, 0.5) is 5.82 Å². The number of rotatable bonds is 5. The number of aromatic nitrogens is 1. The summed E-state index contributed by atoms with van der Waals surface area (Å²) in [5.41, 5.74) is 2.42. The van der Waals surface area contributed by atoms with Crippen LogP contribution in [0.2, 0.25) is 0 Å². The maximum Gasteiger partial charge on any atom is 0.133 e. The van der Waals surface area contributed by atoms with Gasteiger partial charge in [0.1, 0.15) is 5.82 Å². The van der Waals surface area contributed by atoms with Gasteiger partial charge in [0.25, 0.3) is 0 Å². The number of nitrogens with zero attached hydrogens (tertiary/aromatic N) is 2. The molecule has 0 unspecified atom stereocenters. The second kappa shape index (κ2) is 7.20. The summed E-state index contributed by atoms with van der Waals surface area (Å²) in [6, 6.07) is 10.4. The monoisotopic (exact) mass is 397 g/mol. The van der Waals surface area contributed by atoms with E-state index in [4.69, 9.17) is 0 Å². The highest BCUT2D eigenvalue weighted by Gasteiger charge is 2.11. The molecule has 0 aliphatic rings. The molecule has 0 bridgehead atoms. The number of halogens is 2. The smallest absolute Gasteiger partial charge is 0.133 e. The molecule has 0 saturated heterocycles. The van der Waals surface area contributed by atoms with E-state index in [9.17, 15) is 0 Å². The van der Waals surface area contributed by atoms with Crippen molar-refractivity contribution in [2.45, 2.75) is 13.1 Å². The van der Waals surface area contributed by atoms with Crippen LogP contribution in [0.1, 0.15) is 11.1 Å². The van der Waals surface area contributed by atoms with Crippen LogP contribution in [0.5, 0.6) is 0 Å². The zero-order chi connectivity index (χ0) is 14.5. The number of nitrogens with one attached hydrogen (secondary N) is 1. The molecule has 0 fully saturated rings. The summed E-state index contributed by atoms with van der Waals surface area (Å²) in [7, 11) is 4.01. The van der Waals surface area contributed by atoms with Gasteiger partial charge in [-0.3, -0.25) is 0 Å². The first-order chi connectivity index (χ1) is 9.61. The molecule has 0 amide bonds. The van der Waals surface area contributed by atoms with Gasteiger partial charge in [0.05, 0.1) is 0 Å². The minimum atomic E-state index is 0.794. The Bertz CT molecular complexity index is 587. The average Bonchev–Trinajstić information content (AvgIpc) is 2.42. The molecule has 1 N–H and O–H groups in total. The van der Waals surface area contributed by atoms with Gasteiger partial charge >= 0.3 is 0 Å². The van der Waals surface area contributed by atoms with Crippen LogP contribution in [0.15, 0.2) is 45.5 Å². The van der Waals surface area contributed by atoms with Crippen molar-refractivity contribution in [1.82, 2.24) is 10.3 Å². The minimum absolute atomic E-state index is 0.794. The zero-order valence-electron chi connectivity index (χ0n) is 11.5. The Labute approximate surface area is 136 Å². The van der Waals surface area contributed by atoms with E-state index < -0.39 is 0 Å². The van der Waals surface area contributed by atoms with E-state index in [2.05, 4.69) is 78.4 Å². The number of benzene rings is 1. The van der Waals surface area contributed by atoms with Crippen molar-refractivity contribution in [2.75, 3.05) is 19.0 Å². The highest BCUT2D eigenvalue weighted by molar-refractivity contribution is 9.10. The summed E-state index contributed by atoms with van der Waals surface area (Å²) in [5.74, 6) is 0.998. The quantitative estimate of drug-likeness (QED) is 0.825. The van der Waals surface area contributed by atoms with Crippen LogP contribution in [-0.4, -0.2) is 19.1 Å². The lowest BCUT2D eigenvalue weighted by molar-refractivity contribution is 0.794. The van der Waals surface area contributed by atoms with Crippen LogP contribution < -0.4 is 10.2 Å². The largest absolute Gasteiger partial charge is 0.355 e. The third kappa shape index (κ3) is 3.81. The molecular weight excluding hydrogens is 382 g/mol. The summed E-state index contributed by atoms with van der Waals surface area (Å²) < 4.78 is 2.12. The van der Waals surface area contributed by atoms with Gasteiger partial charge in [-0.1, -0.05) is 34.1 Å². The fraction of sp³-hybridized carbons (Fsp3) is 0.267. The van der Waals surface area contributed by atoms with Crippen LogP contribution >= 0.6 is 31.9 Å². The third-order valence-electron chi connectivity index (χ3n) is 3.00. The molecule has 0 atom stereocenters. The molecule has 5 heteroatoms. The predicted molar refractivity (Wildman–Crippen MR) is 90.9 cm³/mol. The zero-order valence-corrected chi connectivity index (χ0v) is 14.7. The van der Waals surface area contributed by atoms with Gasteiger partial charge in [-0.2, -0.15) is 0 Å². The van der Waals surface area contributed by atoms with Crippen molar-refractivity contribution in [1.29, 1.82) is 0 Å². The lowest BCUT2D eigenvalue weighted by Gasteiger charge is -2.22. The Morgan fingerprint density at radius 1 is 1.20 bits per heavy atom. The maximum atomic E-state index is 4.55. The molecule has 106 valence electrons. The molecule has 0 aliphatic carbocycles. The summed E-state index contributed by atoms with van der Waals surface area (Å²) in [6.07, 6.45) is 1.84. The van der Waals surface area contributed by atoms with Crippen molar-refractivity contribution in [3.8, 4) is 0 Å². The predicted octanol–water partition coefficient (Wildman–Crippen LogP) is 3.96. The molecule has 0 saturated carbocycles. The molecular formula is C15H17Br2N3. The highest BCUT2D eigenvalue weighted by atomic mass is 79.9. The Morgan fingerprint density at radius 2 is 1.95 bits per heavy atom. The van der Waals surface area contributed by atoms with Crippen molar-refractivity contribution < 1.29 is 0 Å². The van der Waals surface area contributed by atoms with Crippen molar-refractivity contribution in [2.24, 2.45) is 0 Å². The standard InChI is InChI=1S/C15H17Br2N3/c1-18-8-12-7-13(16)9-19-15(12)20(2)10-11-5-3-4-6-14(11)17/h3-7,9,18H,8,10H2,1-2H3. The first kappa shape index (κ1) is 15.5. The molecule has 1 aromatic heterocycles. The number of anilines is 1. The molecule has 3 nitrogen and oxygen atoms in total. The number of hydrogen-bond donors (Lipinski definition) is 1.